The van der Waals surface area contributed by atoms with E-state index in [1.807, 2.05) is 24.3 Å². The Morgan fingerprint density at radius 1 is 1.19 bits per heavy atom. The fourth-order valence-electron chi connectivity index (χ4n) is 1.95. The number of nitrogens with two attached hydrogens (primary N) is 1. The first-order chi connectivity index (χ1) is 10.1. The quantitative estimate of drug-likeness (QED) is 0.548. The summed E-state index contributed by atoms with van der Waals surface area (Å²) in [5.41, 5.74) is 6.68. The molecule has 4 N–H and O–H groups in total. The van der Waals surface area contributed by atoms with Crippen LogP contribution in [0, 0.1) is 0 Å². The molecule has 0 saturated carbocycles. The Morgan fingerprint density at radius 3 is 2.52 bits per heavy atom. The maximum atomic E-state index is 12.0. The zero-order valence-corrected chi connectivity index (χ0v) is 11.3. The van der Waals surface area contributed by atoms with Gasteiger partial charge in [0.2, 0.25) is 0 Å². The molecule has 0 heterocycles. The number of carbonyl (C=O) groups excluding carboxylic acids is 1. The summed E-state index contributed by atoms with van der Waals surface area (Å²) in [5.74, 6) is -1.35. The second kappa shape index (κ2) is 6.71. The molecule has 0 spiro atoms. The average Bonchev–Trinajstić information content (AvgIpc) is 2.45. The Kier molecular flexibility index (Phi) is 4.73. The molecular formula is C15H16N2O4. The first-order valence-electron chi connectivity index (χ1n) is 6.44. The highest BCUT2D eigenvalue weighted by molar-refractivity contribution is 6.03. The van der Waals surface area contributed by atoms with E-state index in [0.29, 0.717) is 11.3 Å². The van der Waals surface area contributed by atoms with Gasteiger partial charge in [-0.05, 0) is 22.9 Å². The van der Waals surface area contributed by atoms with Gasteiger partial charge in [0.15, 0.2) is 0 Å². The van der Waals surface area contributed by atoms with Gasteiger partial charge in [-0.25, -0.2) is 4.79 Å². The number of hydrogen-bond donors (Lipinski definition) is 3. The Hall–Kier alpha value is -2.60. The summed E-state index contributed by atoms with van der Waals surface area (Å²) in [6, 6.07) is 11.1. The van der Waals surface area contributed by atoms with Gasteiger partial charge in [-0.2, -0.15) is 0 Å². The molecule has 21 heavy (non-hydrogen) atoms. The van der Waals surface area contributed by atoms with Crippen LogP contribution in [-0.4, -0.2) is 36.7 Å². The molecule has 0 aromatic heterocycles. The van der Waals surface area contributed by atoms with Crippen LogP contribution < -0.4 is 11.1 Å². The fourth-order valence-corrected chi connectivity index (χ4v) is 1.95. The largest absolute Gasteiger partial charge is 0.480 e. The third-order valence-electron chi connectivity index (χ3n) is 2.92. The van der Waals surface area contributed by atoms with Crippen LogP contribution in [0.25, 0.3) is 10.8 Å². The summed E-state index contributed by atoms with van der Waals surface area (Å²) in [4.78, 5) is 22.3. The number of ether oxygens (including phenoxy) is 1. The van der Waals surface area contributed by atoms with Crippen molar-refractivity contribution in [3.63, 3.8) is 0 Å². The van der Waals surface area contributed by atoms with Crippen LogP contribution in [0.5, 0.6) is 0 Å². The van der Waals surface area contributed by atoms with E-state index in [1.54, 1.807) is 12.1 Å². The molecule has 0 aliphatic carbocycles. The van der Waals surface area contributed by atoms with Crippen LogP contribution in [0.2, 0.25) is 0 Å². The van der Waals surface area contributed by atoms with Gasteiger partial charge in [-0.15, -0.1) is 0 Å². The van der Waals surface area contributed by atoms with Crippen LogP contribution in [0.1, 0.15) is 10.4 Å². The van der Waals surface area contributed by atoms with Crippen molar-refractivity contribution >= 4 is 28.3 Å². The lowest BCUT2D eigenvalue weighted by molar-refractivity contribution is -0.142. The van der Waals surface area contributed by atoms with Gasteiger partial charge in [0.05, 0.1) is 12.2 Å². The molecule has 110 valence electrons. The van der Waals surface area contributed by atoms with E-state index in [4.69, 9.17) is 15.6 Å². The standard InChI is InChI=1S/C15H16N2O4/c16-13-8-11-4-2-1-3-10(11)7-12(13)15(20)17-5-6-21-9-14(18)19/h1-4,7-8H,5-6,9,16H2,(H,17,20)(H,18,19). The number of aliphatic carboxylic acids is 1. The third kappa shape index (κ3) is 3.93. The molecule has 6 nitrogen and oxygen atoms in total. The molecule has 0 bridgehead atoms. The SMILES string of the molecule is Nc1cc2ccccc2cc1C(=O)NCCOCC(=O)O. The monoisotopic (exact) mass is 288 g/mol. The van der Waals surface area contributed by atoms with Gasteiger partial charge in [0.25, 0.3) is 5.91 Å². The summed E-state index contributed by atoms with van der Waals surface area (Å²) in [7, 11) is 0. The predicted molar refractivity (Wildman–Crippen MR) is 79.1 cm³/mol. The molecule has 0 fully saturated rings. The van der Waals surface area contributed by atoms with Gasteiger partial charge in [0, 0.05) is 12.2 Å². The summed E-state index contributed by atoms with van der Waals surface area (Å²) in [6.45, 7) is -0.0299. The lowest BCUT2D eigenvalue weighted by Crippen LogP contribution is -2.28. The molecule has 6 heteroatoms. The van der Waals surface area contributed by atoms with E-state index in [-0.39, 0.29) is 25.7 Å². The van der Waals surface area contributed by atoms with E-state index in [1.165, 1.54) is 0 Å². The van der Waals surface area contributed by atoms with Crippen molar-refractivity contribution in [1.29, 1.82) is 0 Å². The van der Waals surface area contributed by atoms with Crippen molar-refractivity contribution in [1.82, 2.24) is 5.32 Å². The Bertz CT molecular complexity index is 670. The topological polar surface area (TPSA) is 102 Å². The number of fused-ring (bicyclic) bond motifs is 1. The highest BCUT2D eigenvalue weighted by Crippen LogP contribution is 2.21. The number of amides is 1. The Balaban J connectivity index is 1.99. The summed E-state index contributed by atoms with van der Waals surface area (Å²) in [6.07, 6.45) is 0. The molecule has 2 rings (SSSR count). The van der Waals surface area contributed by atoms with E-state index in [9.17, 15) is 9.59 Å². The number of nitrogen functional groups attached to an aromatic ring is 1. The molecule has 0 aliphatic rings. The summed E-state index contributed by atoms with van der Waals surface area (Å²) < 4.78 is 4.84. The predicted octanol–water partition coefficient (Wildman–Crippen LogP) is 1.25. The first-order valence-corrected chi connectivity index (χ1v) is 6.44. The minimum atomic E-state index is -1.04. The molecule has 0 saturated heterocycles. The molecule has 1 amide bonds. The molecule has 2 aromatic rings. The van der Waals surface area contributed by atoms with Gasteiger partial charge in [-0.3, -0.25) is 4.79 Å². The van der Waals surface area contributed by atoms with Crippen LogP contribution in [0.15, 0.2) is 36.4 Å². The number of carbonyl (C=O) groups is 2. The molecule has 0 aliphatic heterocycles. The van der Waals surface area contributed by atoms with E-state index >= 15 is 0 Å². The highest BCUT2D eigenvalue weighted by Gasteiger charge is 2.10. The normalized spacial score (nSPS) is 10.5. The first kappa shape index (κ1) is 14.8. The van der Waals surface area contributed by atoms with Crippen molar-refractivity contribution in [2.45, 2.75) is 0 Å². The van der Waals surface area contributed by atoms with E-state index < -0.39 is 5.97 Å². The van der Waals surface area contributed by atoms with Crippen LogP contribution in [0.4, 0.5) is 5.69 Å². The average molecular weight is 288 g/mol. The number of hydrogen-bond acceptors (Lipinski definition) is 4. The van der Waals surface area contributed by atoms with Gasteiger partial charge >= 0.3 is 5.97 Å². The number of anilines is 1. The molecular weight excluding hydrogens is 272 g/mol. The second-order valence-corrected chi connectivity index (χ2v) is 4.49. The molecule has 2 aromatic carbocycles. The highest BCUT2D eigenvalue weighted by atomic mass is 16.5. The Morgan fingerprint density at radius 2 is 1.86 bits per heavy atom. The van der Waals surface area contributed by atoms with Crippen molar-refractivity contribution in [3.05, 3.63) is 42.0 Å². The van der Waals surface area contributed by atoms with Crippen molar-refractivity contribution < 1.29 is 19.4 Å². The molecule has 0 atom stereocenters. The van der Waals surface area contributed by atoms with Gasteiger partial charge in [-0.1, -0.05) is 24.3 Å². The smallest absolute Gasteiger partial charge is 0.329 e. The second-order valence-electron chi connectivity index (χ2n) is 4.49. The summed E-state index contributed by atoms with van der Waals surface area (Å²) >= 11 is 0. The number of nitrogens with one attached hydrogen (secondary N) is 1. The van der Waals surface area contributed by atoms with Gasteiger partial charge in [0.1, 0.15) is 6.61 Å². The minimum Gasteiger partial charge on any atom is -0.480 e. The third-order valence-corrected chi connectivity index (χ3v) is 2.92. The van der Waals surface area contributed by atoms with Crippen LogP contribution in [0.3, 0.4) is 0 Å². The van der Waals surface area contributed by atoms with Crippen LogP contribution in [-0.2, 0) is 9.53 Å². The molecule has 0 unspecified atom stereocenters. The minimum absolute atomic E-state index is 0.130. The number of benzene rings is 2. The van der Waals surface area contributed by atoms with Crippen LogP contribution >= 0.6 is 0 Å². The number of carboxylic acids is 1. The fraction of sp³-hybridized carbons (Fsp3) is 0.200. The Labute approximate surface area is 121 Å². The lowest BCUT2D eigenvalue weighted by Gasteiger charge is -2.09. The molecule has 0 radical (unpaired) electrons. The van der Waals surface area contributed by atoms with E-state index in [2.05, 4.69) is 5.32 Å². The van der Waals surface area contributed by atoms with Crippen molar-refractivity contribution in [2.75, 3.05) is 25.5 Å². The lowest BCUT2D eigenvalue weighted by atomic mass is 10.0. The maximum absolute atomic E-state index is 12.0. The maximum Gasteiger partial charge on any atom is 0.329 e. The summed E-state index contributed by atoms with van der Waals surface area (Å²) in [5, 5.41) is 12.9. The van der Waals surface area contributed by atoms with Gasteiger partial charge < -0.3 is 20.9 Å². The van der Waals surface area contributed by atoms with E-state index in [0.717, 1.165) is 10.8 Å². The zero-order chi connectivity index (χ0) is 15.2. The zero-order valence-electron chi connectivity index (χ0n) is 11.3. The van der Waals surface area contributed by atoms with Crippen molar-refractivity contribution in [3.8, 4) is 0 Å². The number of carboxylic acid groups (broad SMARTS) is 1. The van der Waals surface area contributed by atoms with Crippen molar-refractivity contribution in [2.24, 2.45) is 0 Å². The number of rotatable bonds is 6.